The average Bonchev–Trinajstić information content (AvgIpc) is 2.37. The van der Waals surface area contributed by atoms with E-state index in [-0.39, 0.29) is 24.0 Å². The number of nitrogens with zero attached hydrogens (tertiary/aromatic N) is 1. The Hall–Kier alpha value is -0.430. The van der Waals surface area contributed by atoms with Gasteiger partial charge < -0.3 is 10.6 Å². The highest BCUT2D eigenvalue weighted by molar-refractivity contribution is 14.0. The molecule has 0 saturated carbocycles. The zero-order valence-corrected chi connectivity index (χ0v) is 15.0. The summed E-state index contributed by atoms with van der Waals surface area (Å²) >= 11 is 1.83. The topological polar surface area (TPSA) is 36.4 Å². The minimum absolute atomic E-state index is 0. The summed E-state index contributed by atoms with van der Waals surface area (Å²) in [7, 11) is 1.81. The molecule has 0 bridgehead atoms. The van der Waals surface area contributed by atoms with Crippen LogP contribution in [0.25, 0.3) is 0 Å². The van der Waals surface area contributed by atoms with Crippen LogP contribution in [0, 0.1) is 6.92 Å². The van der Waals surface area contributed by atoms with E-state index in [2.05, 4.69) is 53.1 Å². The van der Waals surface area contributed by atoms with Crippen LogP contribution in [-0.4, -0.2) is 38.1 Å². The molecule has 0 aromatic heterocycles. The summed E-state index contributed by atoms with van der Waals surface area (Å²) in [5.41, 5.74) is 2.68. The van der Waals surface area contributed by atoms with E-state index >= 15 is 0 Å². The molecule has 0 aliphatic rings. The van der Waals surface area contributed by atoms with Crippen molar-refractivity contribution in [3.63, 3.8) is 0 Å². The highest BCUT2D eigenvalue weighted by Gasteiger charge is 1.97. The van der Waals surface area contributed by atoms with E-state index in [9.17, 15) is 0 Å². The predicted molar refractivity (Wildman–Crippen MR) is 98.0 cm³/mol. The Labute approximate surface area is 138 Å². The monoisotopic (exact) mass is 393 g/mol. The molecule has 0 spiro atoms. The van der Waals surface area contributed by atoms with Crippen molar-refractivity contribution in [1.29, 1.82) is 0 Å². The maximum Gasteiger partial charge on any atom is 0.191 e. The van der Waals surface area contributed by atoms with Gasteiger partial charge in [0.1, 0.15) is 0 Å². The lowest BCUT2D eigenvalue weighted by Crippen LogP contribution is -2.39. The van der Waals surface area contributed by atoms with Crippen LogP contribution in [-0.2, 0) is 6.42 Å². The van der Waals surface area contributed by atoms with Gasteiger partial charge in [0.05, 0.1) is 0 Å². The molecule has 0 aliphatic heterocycles. The van der Waals surface area contributed by atoms with Crippen molar-refractivity contribution in [1.82, 2.24) is 10.6 Å². The van der Waals surface area contributed by atoms with E-state index < -0.39 is 0 Å². The third-order valence-electron chi connectivity index (χ3n) is 2.61. The minimum atomic E-state index is 0. The van der Waals surface area contributed by atoms with Crippen LogP contribution in [0.15, 0.2) is 29.3 Å². The van der Waals surface area contributed by atoms with Gasteiger partial charge in [-0.05, 0) is 25.2 Å². The molecular weight excluding hydrogens is 369 g/mol. The van der Waals surface area contributed by atoms with Gasteiger partial charge in [-0.2, -0.15) is 11.8 Å². The lowest BCUT2D eigenvalue weighted by Gasteiger charge is -2.11. The molecule has 0 fully saturated rings. The van der Waals surface area contributed by atoms with Crippen LogP contribution >= 0.6 is 35.7 Å². The molecule has 5 heteroatoms. The molecule has 0 radical (unpaired) electrons. The fourth-order valence-corrected chi connectivity index (χ4v) is 1.99. The predicted octanol–water partition coefficient (Wildman–Crippen LogP) is 2.68. The van der Waals surface area contributed by atoms with Crippen LogP contribution in [0.2, 0.25) is 0 Å². The molecule has 1 aromatic carbocycles. The second kappa shape index (κ2) is 11.4. The number of aryl methyl sites for hydroxylation is 1. The zero-order chi connectivity index (χ0) is 13.2. The van der Waals surface area contributed by atoms with E-state index in [0.717, 1.165) is 31.2 Å². The quantitative estimate of drug-likeness (QED) is 0.338. The lowest BCUT2D eigenvalue weighted by atomic mass is 10.1. The van der Waals surface area contributed by atoms with Gasteiger partial charge in [0, 0.05) is 25.9 Å². The first-order valence-electron chi connectivity index (χ1n) is 6.25. The number of thioether (sulfide) groups is 1. The SMILES string of the molecule is CN=C(NCCSC)NCCc1cccc(C)c1.I. The van der Waals surface area contributed by atoms with Crippen LogP contribution in [0.4, 0.5) is 0 Å². The Kier molecular flexibility index (Phi) is 11.1. The van der Waals surface area contributed by atoms with Crippen molar-refractivity contribution in [2.75, 3.05) is 32.1 Å². The summed E-state index contributed by atoms with van der Waals surface area (Å²) in [5, 5.41) is 6.61. The summed E-state index contributed by atoms with van der Waals surface area (Å²) < 4.78 is 0. The summed E-state index contributed by atoms with van der Waals surface area (Å²) in [5.74, 6) is 1.98. The van der Waals surface area contributed by atoms with Gasteiger partial charge >= 0.3 is 0 Å². The second-order valence-corrected chi connectivity index (χ2v) is 5.14. The van der Waals surface area contributed by atoms with Gasteiger partial charge in [-0.3, -0.25) is 4.99 Å². The smallest absolute Gasteiger partial charge is 0.191 e. The summed E-state index contributed by atoms with van der Waals surface area (Å²) in [6.07, 6.45) is 3.13. The van der Waals surface area contributed by atoms with Gasteiger partial charge in [0.25, 0.3) is 0 Å². The molecule has 0 saturated heterocycles. The number of halogens is 1. The maximum atomic E-state index is 4.19. The van der Waals surface area contributed by atoms with Gasteiger partial charge in [-0.25, -0.2) is 0 Å². The van der Waals surface area contributed by atoms with Crippen molar-refractivity contribution in [2.24, 2.45) is 4.99 Å². The van der Waals surface area contributed by atoms with E-state index in [0.29, 0.717) is 0 Å². The third-order valence-corrected chi connectivity index (χ3v) is 3.22. The molecular formula is C14H24IN3S. The van der Waals surface area contributed by atoms with Crippen LogP contribution in [0.1, 0.15) is 11.1 Å². The molecule has 0 aliphatic carbocycles. The largest absolute Gasteiger partial charge is 0.356 e. The summed E-state index contributed by atoms with van der Waals surface area (Å²) in [6.45, 7) is 3.98. The molecule has 0 heterocycles. The number of nitrogens with one attached hydrogen (secondary N) is 2. The highest BCUT2D eigenvalue weighted by atomic mass is 127. The van der Waals surface area contributed by atoms with Crippen molar-refractivity contribution in [3.05, 3.63) is 35.4 Å². The van der Waals surface area contributed by atoms with Crippen LogP contribution in [0.5, 0.6) is 0 Å². The number of guanidine groups is 1. The van der Waals surface area contributed by atoms with E-state index in [1.165, 1.54) is 11.1 Å². The molecule has 0 amide bonds. The fourth-order valence-electron chi connectivity index (χ4n) is 1.68. The molecule has 108 valence electrons. The standard InChI is InChI=1S/C14H23N3S.HI/c1-12-5-4-6-13(11-12)7-8-16-14(15-2)17-9-10-18-3;/h4-6,11H,7-10H2,1-3H3,(H2,15,16,17);1H. The molecule has 0 atom stereocenters. The first-order chi connectivity index (χ1) is 8.76. The van der Waals surface area contributed by atoms with E-state index in [4.69, 9.17) is 0 Å². The third kappa shape index (κ3) is 8.36. The Balaban J connectivity index is 0.00000324. The number of hydrogen-bond acceptors (Lipinski definition) is 2. The Morgan fingerprint density at radius 3 is 2.63 bits per heavy atom. The van der Waals surface area contributed by atoms with Gasteiger partial charge in [-0.1, -0.05) is 29.8 Å². The Morgan fingerprint density at radius 1 is 1.26 bits per heavy atom. The maximum absolute atomic E-state index is 4.19. The van der Waals surface area contributed by atoms with Crippen molar-refractivity contribution in [2.45, 2.75) is 13.3 Å². The Bertz CT molecular complexity index is 383. The van der Waals surface area contributed by atoms with E-state index in [1.807, 2.05) is 11.8 Å². The lowest BCUT2D eigenvalue weighted by molar-refractivity contribution is 0.812. The molecule has 1 aromatic rings. The first kappa shape index (κ1) is 18.6. The summed E-state index contributed by atoms with van der Waals surface area (Å²) in [4.78, 5) is 4.19. The van der Waals surface area contributed by atoms with E-state index in [1.54, 1.807) is 7.05 Å². The van der Waals surface area contributed by atoms with Crippen LogP contribution < -0.4 is 10.6 Å². The van der Waals surface area contributed by atoms with Crippen LogP contribution in [0.3, 0.4) is 0 Å². The molecule has 3 nitrogen and oxygen atoms in total. The first-order valence-corrected chi connectivity index (χ1v) is 7.64. The minimum Gasteiger partial charge on any atom is -0.356 e. The highest BCUT2D eigenvalue weighted by Crippen LogP contribution is 2.03. The van der Waals surface area contributed by atoms with Crippen molar-refractivity contribution in [3.8, 4) is 0 Å². The van der Waals surface area contributed by atoms with Crippen molar-refractivity contribution >= 4 is 41.7 Å². The average molecular weight is 393 g/mol. The molecule has 19 heavy (non-hydrogen) atoms. The normalized spacial score (nSPS) is 10.8. The number of benzene rings is 1. The van der Waals surface area contributed by atoms with Gasteiger partial charge in [0.15, 0.2) is 5.96 Å². The molecule has 1 rings (SSSR count). The zero-order valence-electron chi connectivity index (χ0n) is 11.9. The fraction of sp³-hybridized carbons (Fsp3) is 0.500. The summed E-state index contributed by atoms with van der Waals surface area (Å²) in [6, 6.07) is 8.63. The number of rotatable bonds is 6. The molecule has 2 N–H and O–H groups in total. The van der Waals surface area contributed by atoms with Crippen molar-refractivity contribution < 1.29 is 0 Å². The number of aliphatic imine (C=N–C) groups is 1. The van der Waals surface area contributed by atoms with Gasteiger partial charge in [0.2, 0.25) is 0 Å². The molecule has 0 unspecified atom stereocenters. The number of hydrogen-bond donors (Lipinski definition) is 2. The Morgan fingerprint density at radius 2 is 2.00 bits per heavy atom. The van der Waals surface area contributed by atoms with Gasteiger partial charge in [-0.15, -0.1) is 24.0 Å². The second-order valence-electron chi connectivity index (χ2n) is 4.16.